The number of aryl methyl sites for hydroxylation is 1. The molecular weight excluding hydrogens is 306 g/mol. The fourth-order valence-corrected chi connectivity index (χ4v) is 3.17. The summed E-state index contributed by atoms with van der Waals surface area (Å²) in [6.45, 7) is 0. The molecule has 0 aliphatic rings. The van der Waals surface area contributed by atoms with Crippen LogP contribution in [0, 0.1) is 0 Å². The van der Waals surface area contributed by atoms with E-state index in [2.05, 4.69) is 0 Å². The second kappa shape index (κ2) is 7.61. The largest absolute Gasteiger partial charge is 0.607 e. The van der Waals surface area contributed by atoms with Crippen LogP contribution in [0.15, 0.2) is 59.5 Å². The highest BCUT2D eigenvalue weighted by molar-refractivity contribution is 7.92. The van der Waals surface area contributed by atoms with Crippen LogP contribution in [-0.4, -0.2) is 16.9 Å². The summed E-state index contributed by atoms with van der Waals surface area (Å²) < 4.78 is 45.1. The van der Waals surface area contributed by atoms with Crippen LogP contribution in [-0.2, 0) is 17.6 Å². The second-order valence-electron chi connectivity index (χ2n) is 4.92. The first-order valence-electron chi connectivity index (χ1n) is 7.00. The molecule has 1 unspecified atom stereocenters. The van der Waals surface area contributed by atoms with E-state index in [1.807, 2.05) is 30.3 Å². The van der Waals surface area contributed by atoms with Gasteiger partial charge in [0.2, 0.25) is 0 Å². The Labute approximate surface area is 132 Å². The quantitative estimate of drug-likeness (QED) is 0.706. The topological polar surface area (TPSA) is 32.3 Å². The molecule has 0 saturated heterocycles. The first kappa shape index (κ1) is 16.8. The van der Waals surface area contributed by atoms with Crippen LogP contribution in [0.1, 0.15) is 18.4 Å². The highest BCUT2D eigenvalue weighted by Crippen LogP contribution is 2.34. The lowest BCUT2D eigenvalue weighted by atomic mass is 10.1. The third-order valence-corrected chi connectivity index (χ3v) is 4.77. The first-order chi connectivity index (χ1) is 10.5. The van der Waals surface area contributed by atoms with Gasteiger partial charge >= 0.3 is 5.25 Å². The van der Waals surface area contributed by atoms with Crippen molar-refractivity contribution in [3.8, 4) is 5.75 Å². The maximum atomic E-state index is 14.1. The fourth-order valence-electron chi connectivity index (χ4n) is 2.11. The van der Waals surface area contributed by atoms with Crippen molar-refractivity contribution in [3.63, 3.8) is 0 Å². The Morgan fingerprint density at radius 3 is 2.27 bits per heavy atom. The van der Waals surface area contributed by atoms with E-state index in [0.29, 0.717) is 18.6 Å². The molecule has 0 heterocycles. The lowest BCUT2D eigenvalue weighted by molar-refractivity contribution is 0.0798. The van der Waals surface area contributed by atoms with E-state index in [4.69, 9.17) is 4.74 Å². The average molecular weight is 324 g/mol. The molecule has 118 valence electrons. The Morgan fingerprint density at radius 1 is 1.05 bits per heavy atom. The number of benzene rings is 2. The van der Waals surface area contributed by atoms with E-state index in [9.17, 15) is 13.3 Å². The van der Waals surface area contributed by atoms with Gasteiger partial charge in [-0.15, -0.1) is 0 Å². The first-order valence-corrected chi connectivity index (χ1v) is 8.15. The van der Waals surface area contributed by atoms with Crippen molar-refractivity contribution < 1.29 is 18.1 Å². The Kier molecular flexibility index (Phi) is 5.80. The third-order valence-electron chi connectivity index (χ3n) is 3.32. The van der Waals surface area contributed by atoms with E-state index in [1.54, 1.807) is 0 Å². The predicted molar refractivity (Wildman–Crippen MR) is 83.7 cm³/mol. The maximum Gasteiger partial charge on any atom is 0.411 e. The number of halogens is 2. The minimum absolute atomic E-state index is 0.116. The van der Waals surface area contributed by atoms with Crippen molar-refractivity contribution in [2.24, 2.45) is 0 Å². The zero-order chi connectivity index (χ0) is 16.0. The SMILES string of the molecule is COc1ccc([S+]([O-])C(F)(F)CCCc2ccccc2)cc1. The summed E-state index contributed by atoms with van der Waals surface area (Å²) in [7, 11) is 1.49. The molecule has 0 aliphatic carbocycles. The van der Waals surface area contributed by atoms with Gasteiger partial charge in [-0.2, -0.15) is 8.78 Å². The Morgan fingerprint density at radius 2 is 1.68 bits per heavy atom. The number of methoxy groups -OCH3 is 1. The van der Waals surface area contributed by atoms with Gasteiger partial charge in [-0.1, -0.05) is 30.3 Å². The monoisotopic (exact) mass is 324 g/mol. The zero-order valence-corrected chi connectivity index (χ0v) is 13.1. The minimum Gasteiger partial charge on any atom is -0.607 e. The van der Waals surface area contributed by atoms with Crippen molar-refractivity contribution >= 4 is 11.2 Å². The predicted octanol–water partition coefficient (Wildman–Crippen LogP) is 4.42. The summed E-state index contributed by atoms with van der Waals surface area (Å²) in [6, 6.07) is 15.3. The molecule has 0 amide bonds. The number of alkyl halides is 2. The summed E-state index contributed by atoms with van der Waals surface area (Å²) in [5.41, 5.74) is 1.01. The number of hydrogen-bond donors (Lipinski definition) is 0. The molecular formula is C17H18F2O2S. The highest BCUT2D eigenvalue weighted by atomic mass is 32.2. The summed E-state index contributed by atoms with van der Waals surface area (Å²) in [6.07, 6.45) is 0.440. The molecule has 0 bridgehead atoms. The number of hydrogen-bond acceptors (Lipinski definition) is 2. The van der Waals surface area contributed by atoms with Gasteiger partial charge in [0.05, 0.1) is 24.7 Å². The van der Waals surface area contributed by atoms with Crippen LogP contribution in [0.5, 0.6) is 5.75 Å². The molecule has 22 heavy (non-hydrogen) atoms. The van der Waals surface area contributed by atoms with Gasteiger partial charge in [-0.25, -0.2) is 0 Å². The Balaban J connectivity index is 1.93. The van der Waals surface area contributed by atoms with Crippen LogP contribution in [0.4, 0.5) is 8.78 Å². The zero-order valence-electron chi connectivity index (χ0n) is 12.3. The van der Waals surface area contributed by atoms with Crippen molar-refractivity contribution in [2.75, 3.05) is 7.11 Å². The molecule has 0 N–H and O–H groups in total. The van der Waals surface area contributed by atoms with Crippen LogP contribution >= 0.6 is 0 Å². The third kappa shape index (κ3) is 4.45. The molecule has 2 aromatic rings. The van der Waals surface area contributed by atoms with E-state index >= 15 is 0 Å². The lowest BCUT2D eigenvalue weighted by Gasteiger charge is -2.20. The standard InChI is InChI=1S/C17H18F2O2S/c1-21-15-9-11-16(12-10-15)22(20)17(18,19)13-5-8-14-6-3-2-4-7-14/h2-4,6-7,9-12H,5,8,13H2,1H3. The van der Waals surface area contributed by atoms with Crippen LogP contribution < -0.4 is 4.74 Å². The summed E-state index contributed by atoms with van der Waals surface area (Å²) >= 11 is -2.35. The fraction of sp³-hybridized carbons (Fsp3) is 0.294. The van der Waals surface area contributed by atoms with Gasteiger partial charge in [-0.05, 0) is 42.7 Å². The molecule has 0 spiro atoms. The average Bonchev–Trinajstić information content (AvgIpc) is 2.55. The van der Waals surface area contributed by atoms with Crippen LogP contribution in [0.25, 0.3) is 0 Å². The van der Waals surface area contributed by atoms with Gasteiger partial charge in [0.1, 0.15) is 5.75 Å². The number of rotatable bonds is 7. The van der Waals surface area contributed by atoms with E-state index in [-0.39, 0.29) is 4.90 Å². The molecule has 2 nitrogen and oxygen atoms in total. The van der Waals surface area contributed by atoms with Crippen LogP contribution in [0.3, 0.4) is 0 Å². The van der Waals surface area contributed by atoms with Gasteiger partial charge in [0.25, 0.3) is 0 Å². The second-order valence-corrected chi connectivity index (χ2v) is 6.53. The molecule has 2 rings (SSSR count). The number of ether oxygens (including phenoxy) is 1. The molecule has 1 atom stereocenters. The van der Waals surface area contributed by atoms with Gasteiger partial charge in [-0.3, -0.25) is 0 Å². The Hall–Kier alpha value is -1.59. The summed E-state index contributed by atoms with van der Waals surface area (Å²) in [4.78, 5) is 0.116. The van der Waals surface area contributed by atoms with Crippen molar-refractivity contribution in [1.82, 2.24) is 0 Å². The van der Waals surface area contributed by atoms with Gasteiger partial charge in [0.15, 0.2) is 4.90 Å². The van der Waals surface area contributed by atoms with Crippen molar-refractivity contribution in [2.45, 2.75) is 29.4 Å². The minimum atomic E-state index is -3.23. The van der Waals surface area contributed by atoms with E-state index < -0.39 is 22.9 Å². The summed E-state index contributed by atoms with van der Waals surface area (Å²) in [5, 5.41) is -3.23. The van der Waals surface area contributed by atoms with Crippen LogP contribution in [0.2, 0.25) is 0 Å². The molecule has 0 saturated carbocycles. The lowest BCUT2D eigenvalue weighted by Crippen LogP contribution is -2.29. The van der Waals surface area contributed by atoms with Gasteiger partial charge < -0.3 is 9.29 Å². The van der Waals surface area contributed by atoms with Crippen molar-refractivity contribution in [3.05, 3.63) is 60.2 Å². The molecule has 0 aliphatic heterocycles. The molecule has 0 radical (unpaired) electrons. The van der Waals surface area contributed by atoms with Gasteiger partial charge in [0, 0.05) is 0 Å². The molecule has 0 fully saturated rings. The van der Waals surface area contributed by atoms with E-state index in [0.717, 1.165) is 5.56 Å². The van der Waals surface area contributed by atoms with Crippen molar-refractivity contribution in [1.29, 1.82) is 0 Å². The normalized spacial score (nSPS) is 12.9. The maximum absolute atomic E-state index is 14.1. The molecule has 2 aromatic carbocycles. The Bertz CT molecular complexity index is 573. The molecule has 0 aromatic heterocycles. The van der Waals surface area contributed by atoms with E-state index in [1.165, 1.54) is 31.4 Å². The summed E-state index contributed by atoms with van der Waals surface area (Å²) in [5.74, 6) is 0.549. The smallest absolute Gasteiger partial charge is 0.411 e. The highest BCUT2D eigenvalue weighted by Gasteiger charge is 2.44. The molecule has 5 heteroatoms.